The second-order valence-electron chi connectivity index (χ2n) is 8.27. The predicted octanol–water partition coefficient (Wildman–Crippen LogP) is 4.21. The zero-order valence-electron chi connectivity index (χ0n) is 18.5. The van der Waals surface area contributed by atoms with Crippen molar-refractivity contribution < 1.29 is 29.6 Å². The van der Waals surface area contributed by atoms with Gasteiger partial charge in [0.25, 0.3) is 5.91 Å². The summed E-state index contributed by atoms with van der Waals surface area (Å²) in [5, 5.41) is 31.0. The fraction of sp³-hybridized carbons (Fsp3) is 0.192. The van der Waals surface area contributed by atoms with Gasteiger partial charge in [-0.05, 0) is 54.8 Å². The minimum absolute atomic E-state index is 0.0910. The Morgan fingerprint density at radius 2 is 1.79 bits per heavy atom. The average molecular weight is 460 g/mol. The lowest BCUT2D eigenvalue weighted by molar-refractivity contribution is 0.0741. The maximum atomic E-state index is 13.5. The summed E-state index contributed by atoms with van der Waals surface area (Å²) in [5.41, 5.74) is 3.91. The van der Waals surface area contributed by atoms with E-state index in [9.17, 15) is 20.1 Å². The molecule has 8 heteroatoms. The third-order valence-corrected chi connectivity index (χ3v) is 6.12. The summed E-state index contributed by atoms with van der Waals surface area (Å²) < 4.78 is 10.8. The van der Waals surface area contributed by atoms with Gasteiger partial charge in [0, 0.05) is 29.7 Å². The number of amides is 1. The number of phenolic OH excluding ortho intramolecular Hbond substituents is 3. The van der Waals surface area contributed by atoms with Crippen LogP contribution in [0.4, 0.5) is 0 Å². The Kier molecular flexibility index (Phi) is 5.41. The van der Waals surface area contributed by atoms with Gasteiger partial charge in [0.05, 0.1) is 5.56 Å². The van der Waals surface area contributed by atoms with Gasteiger partial charge in [-0.1, -0.05) is 24.3 Å². The van der Waals surface area contributed by atoms with Crippen molar-refractivity contribution in [3.63, 3.8) is 0 Å². The fourth-order valence-corrected chi connectivity index (χ4v) is 4.33. The lowest BCUT2D eigenvalue weighted by Gasteiger charge is -2.24. The van der Waals surface area contributed by atoms with Crippen LogP contribution in [0, 0.1) is 6.92 Å². The maximum absolute atomic E-state index is 13.5. The third-order valence-electron chi connectivity index (χ3n) is 6.12. The van der Waals surface area contributed by atoms with Crippen LogP contribution >= 0.6 is 0 Å². The lowest BCUT2D eigenvalue weighted by Crippen LogP contribution is -2.32. The number of nitrogens with zero attached hydrogens (tertiary/aromatic N) is 1. The Morgan fingerprint density at radius 3 is 2.65 bits per heavy atom. The van der Waals surface area contributed by atoms with E-state index in [-0.39, 0.29) is 18.9 Å². The monoisotopic (exact) mass is 460 g/mol. The molecule has 1 aliphatic rings. The van der Waals surface area contributed by atoms with Crippen molar-refractivity contribution in [1.82, 2.24) is 9.88 Å². The SMILES string of the molecule is Cc1[nH]c2ccccc2c1CCN(Cc1ccc2c(c1)OCO2)C(=O)c1ccc(O)c(O)c1O. The van der Waals surface area contributed by atoms with Gasteiger partial charge < -0.3 is 34.7 Å². The summed E-state index contributed by atoms with van der Waals surface area (Å²) in [6.45, 7) is 2.76. The minimum Gasteiger partial charge on any atom is -0.504 e. The molecule has 0 aliphatic carbocycles. The van der Waals surface area contributed by atoms with Crippen molar-refractivity contribution in [2.75, 3.05) is 13.3 Å². The Labute approximate surface area is 195 Å². The first kappa shape index (κ1) is 21.5. The molecular formula is C26H24N2O6. The number of rotatable bonds is 6. The number of ether oxygens (including phenoxy) is 2. The molecule has 2 heterocycles. The first-order valence-corrected chi connectivity index (χ1v) is 10.9. The molecule has 1 aromatic heterocycles. The zero-order valence-corrected chi connectivity index (χ0v) is 18.5. The van der Waals surface area contributed by atoms with E-state index in [1.807, 2.05) is 43.3 Å². The van der Waals surface area contributed by atoms with E-state index in [2.05, 4.69) is 4.98 Å². The van der Waals surface area contributed by atoms with Crippen LogP contribution in [0.1, 0.15) is 27.2 Å². The summed E-state index contributed by atoms with van der Waals surface area (Å²) in [6, 6.07) is 16.0. The van der Waals surface area contributed by atoms with Gasteiger partial charge in [0.1, 0.15) is 0 Å². The molecule has 174 valence electrons. The number of aryl methyl sites for hydroxylation is 1. The van der Waals surface area contributed by atoms with Crippen LogP contribution in [0.15, 0.2) is 54.6 Å². The molecule has 0 saturated heterocycles. The van der Waals surface area contributed by atoms with Crippen molar-refractivity contribution in [3.05, 3.63) is 77.0 Å². The number of carbonyl (C=O) groups is 1. The van der Waals surface area contributed by atoms with Gasteiger partial charge >= 0.3 is 0 Å². The average Bonchev–Trinajstić information content (AvgIpc) is 3.43. The Balaban J connectivity index is 1.47. The van der Waals surface area contributed by atoms with Gasteiger partial charge in [0.15, 0.2) is 23.0 Å². The number of para-hydroxylation sites is 1. The number of aromatic nitrogens is 1. The van der Waals surface area contributed by atoms with Crippen molar-refractivity contribution in [2.24, 2.45) is 0 Å². The summed E-state index contributed by atoms with van der Waals surface area (Å²) in [4.78, 5) is 18.5. The lowest BCUT2D eigenvalue weighted by atomic mass is 10.1. The highest BCUT2D eigenvalue weighted by molar-refractivity contribution is 5.98. The van der Waals surface area contributed by atoms with E-state index in [0.717, 1.165) is 27.7 Å². The standard InChI is InChI=1S/C26H24N2O6/c1-15-17(18-4-2-3-5-20(18)27-15)10-11-28(13-16-6-9-22-23(12-16)34-14-33-22)26(32)19-7-8-21(29)25(31)24(19)30/h2-9,12,27,29-31H,10-11,13-14H2,1H3. The van der Waals surface area contributed by atoms with Gasteiger partial charge in [-0.3, -0.25) is 4.79 Å². The quantitative estimate of drug-likeness (QED) is 0.321. The maximum Gasteiger partial charge on any atom is 0.258 e. The van der Waals surface area contributed by atoms with E-state index < -0.39 is 23.2 Å². The topological polar surface area (TPSA) is 115 Å². The summed E-state index contributed by atoms with van der Waals surface area (Å²) in [7, 11) is 0. The number of aromatic hydroxyl groups is 3. The van der Waals surface area contributed by atoms with Crippen LogP contribution in [-0.4, -0.2) is 44.4 Å². The Morgan fingerprint density at radius 1 is 1.00 bits per heavy atom. The third kappa shape index (κ3) is 3.83. The second-order valence-corrected chi connectivity index (χ2v) is 8.27. The minimum atomic E-state index is -0.721. The summed E-state index contributed by atoms with van der Waals surface area (Å²) in [5.74, 6) is -1.07. The molecule has 1 amide bonds. The molecule has 8 nitrogen and oxygen atoms in total. The molecule has 34 heavy (non-hydrogen) atoms. The van der Waals surface area contributed by atoms with Crippen LogP contribution in [0.2, 0.25) is 0 Å². The number of nitrogens with one attached hydrogen (secondary N) is 1. The molecule has 0 spiro atoms. The van der Waals surface area contributed by atoms with Crippen molar-refractivity contribution in [1.29, 1.82) is 0 Å². The van der Waals surface area contributed by atoms with Crippen LogP contribution in [0.5, 0.6) is 28.7 Å². The molecule has 0 fully saturated rings. The predicted molar refractivity (Wildman–Crippen MR) is 125 cm³/mol. The summed E-state index contributed by atoms with van der Waals surface area (Å²) in [6.07, 6.45) is 0.580. The fourth-order valence-electron chi connectivity index (χ4n) is 4.33. The van der Waals surface area contributed by atoms with Crippen LogP contribution in [0.3, 0.4) is 0 Å². The molecule has 4 aromatic rings. The highest BCUT2D eigenvalue weighted by Gasteiger charge is 2.24. The van der Waals surface area contributed by atoms with Gasteiger partial charge in [0.2, 0.25) is 12.5 Å². The van der Waals surface area contributed by atoms with Crippen LogP contribution < -0.4 is 9.47 Å². The molecule has 0 unspecified atom stereocenters. The van der Waals surface area contributed by atoms with E-state index in [4.69, 9.17) is 9.47 Å². The Bertz CT molecular complexity index is 1390. The van der Waals surface area contributed by atoms with Crippen molar-refractivity contribution in [3.8, 4) is 28.7 Å². The van der Waals surface area contributed by atoms with Gasteiger partial charge in [-0.15, -0.1) is 0 Å². The number of hydrogen-bond donors (Lipinski definition) is 4. The van der Waals surface area contributed by atoms with Gasteiger partial charge in [-0.25, -0.2) is 0 Å². The van der Waals surface area contributed by atoms with Gasteiger partial charge in [-0.2, -0.15) is 0 Å². The molecule has 0 saturated carbocycles. The molecule has 4 N–H and O–H groups in total. The Hall–Kier alpha value is -4.33. The van der Waals surface area contributed by atoms with E-state index in [1.54, 1.807) is 11.0 Å². The number of aromatic amines is 1. The molecular weight excluding hydrogens is 436 g/mol. The first-order chi connectivity index (χ1) is 16.4. The smallest absolute Gasteiger partial charge is 0.258 e. The van der Waals surface area contributed by atoms with Crippen LogP contribution in [-0.2, 0) is 13.0 Å². The number of benzene rings is 3. The number of H-pyrrole nitrogens is 1. The molecule has 0 atom stereocenters. The van der Waals surface area contributed by atoms with Crippen molar-refractivity contribution in [2.45, 2.75) is 19.9 Å². The molecule has 0 radical (unpaired) electrons. The molecule has 0 bridgehead atoms. The highest BCUT2D eigenvalue weighted by Crippen LogP contribution is 2.38. The molecule has 5 rings (SSSR count). The first-order valence-electron chi connectivity index (χ1n) is 10.9. The summed E-state index contributed by atoms with van der Waals surface area (Å²) >= 11 is 0. The number of hydrogen-bond acceptors (Lipinski definition) is 6. The molecule has 3 aromatic carbocycles. The van der Waals surface area contributed by atoms with Crippen LogP contribution in [0.25, 0.3) is 10.9 Å². The number of carbonyl (C=O) groups excluding carboxylic acids is 1. The van der Waals surface area contributed by atoms with E-state index in [1.165, 1.54) is 12.1 Å². The second kappa shape index (κ2) is 8.55. The number of phenols is 3. The largest absolute Gasteiger partial charge is 0.504 e. The normalized spacial score (nSPS) is 12.3. The van der Waals surface area contributed by atoms with E-state index >= 15 is 0 Å². The zero-order chi connectivity index (χ0) is 23.8. The number of fused-ring (bicyclic) bond motifs is 2. The highest BCUT2D eigenvalue weighted by atomic mass is 16.7. The molecule has 1 aliphatic heterocycles. The van der Waals surface area contributed by atoms with E-state index in [0.29, 0.717) is 24.5 Å². The van der Waals surface area contributed by atoms with Crippen molar-refractivity contribution >= 4 is 16.8 Å².